The molecule has 1 heterocycles. The standard InChI is InChI=1S/C15H12ClNO4/c1-20-15(19)12-9-10(4-6-13(12)16)17-14(18)7-5-11-3-2-8-21-11/h2-9H,1H3,(H,17,18)/b7-5+. The summed E-state index contributed by atoms with van der Waals surface area (Å²) in [6.07, 6.45) is 4.37. The average molecular weight is 306 g/mol. The molecule has 2 aromatic rings. The van der Waals surface area contributed by atoms with E-state index in [0.717, 1.165) is 0 Å². The first-order chi connectivity index (χ1) is 10.1. The van der Waals surface area contributed by atoms with Gasteiger partial charge in [0.15, 0.2) is 0 Å². The smallest absolute Gasteiger partial charge is 0.339 e. The zero-order valence-electron chi connectivity index (χ0n) is 11.1. The number of methoxy groups -OCH3 is 1. The van der Waals surface area contributed by atoms with Gasteiger partial charge in [-0.15, -0.1) is 0 Å². The summed E-state index contributed by atoms with van der Waals surface area (Å²) in [5.74, 6) is -0.358. The van der Waals surface area contributed by atoms with E-state index in [1.54, 1.807) is 18.2 Å². The largest absolute Gasteiger partial charge is 0.465 e. The van der Waals surface area contributed by atoms with Crippen molar-refractivity contribution in [2.75, 3.05) is 12.4 Å². The number of ether oxygens (including phenoxy) is 1. The summed E-state index contributed by atoms with van der Waals surface area (Å²) >= 11 is 5.90. The van der Waals surface area contributed by atoms with E-state index in [0.29, 0.717) is 11.4 Å². The first-order valence-electron chi connectivity index (χ1n) is 6.00. The fourth-order valence-corrected chi connectivity index (χ4v) is 1.79. The van der Waals surface area contributed by atoms with Crippen molar-refractivity contribution in [3.8, 4) is 0 Å². The number of halogens is 1. The maximum atomic E-state index is 11.8. The first kappa shape index (κ1) is 14.9. The van der Waals surface area contributed by atoms with Gasteiger partial charge in [-0.3, -0.25) is 4.79 Å². The minimum absolute atomic E-state index is 0.187. The molecule has 21 heavy (non-hydrogen) atoms. The Morgan fingerprint density at radius 1 is 1.33 bits per heavy atom. The minimum Gasteiger partial charge on any atom is -0.465 e. The van der Waals surface area contributed by atoms with Gasteiger partial charge in [0.05, 0.1) is 24.0 Å². The van der Waals surface area contributed by atoms with Crippen LogP contribution < -0.4 is 5.32 Å². The Morgan fingerprint density at radius 2 is 2.14 bits per heavy atom. The van der Waals surface area contributed by atoms with Crippen molar-refractivity contribution in [3.63, 3.8) is 0 Å². The lowest BCUT2D eigenvalue weighted by Crippen LogP contribution is -2.09. The molecule has 0 aliphatic heterocycles. The number of amides is 1. The number of furan rings is 1. The molecule has 0 spiro atoms. The van der Waals surface area contributed by atoms with Gasteiger partial charge < -0.3 is 14.5 Å². The number of anilines is 1. The predicted octanol–water partition coefficient (Wildman–Crippen LogP) is 3.37. The molecule has 0 atom stereocenters. The molecule has 0 unspecified atom stereocenters. The quantitative estimate of drug-likeness (QED) is 0.694. The van der Waals surface area contributed by atoms with E-state index >= 15 is 0 Å². The molecule has 2 rings (SSSR count). The maximum Gasteiger partial charge on any atom is 0.339 e. The Labute approximate surface area is 126 Å². The van der Waals surface area contributed by atoms with Crippen molar-refractivity contribution in [1.29, 1.82) is 0 Å². The number of nitrogens with one attached hydrogen (secondary N) is 1. The third-order valence-corrected chi connectivity index (χ3v) is 2.91. The molecule has 5 nitrogen and oxygen atoms in total. The molecule has 0 bridgehead atoms. The summed E-state index contributed by atoms with van der Waals surface area (Å²) in [5.41, 5.74) is 0.626. The number of carbonyl (C=O) groups is 2. The van der Waals surface area contributed by atoms with Crippen LogP contribution in [-0.2, 0) is 9.53 Å². The van der Waals surface area contributed by atoms with Crippen molar-refractivity contribution in [1.82, 2.24) is 0 Å². The minimum atomic E-state index is -0.567. The van der Waals surface area contributed by atoms with Gasteiger partial charge in [0, 0.05) is 11.8 Å². The summed E-state index contributed by atoms with van der Waals surface area (Å²) in [5, 5.41) is 2.87. The molecule has 1 aromatic carbocycles. The van der Waals surface area contributed by atoms with E-state index in [9.17, 15) is 9.59 Å². The van der Waals surface area contributed by atoms with E-state index in [1.807, 2.05) is 0 Å². The highest BCUT2D eigenvalue weighted by Crippen LogP contribution is 2.21. The van der Waals surface area contributed by atoms with Crippen LogP contribution in [0, 0.1) is 0 Å². The van der Waals surface area contributed by atoms with Crippen LogP contribution in [0.4, 0.5) is 5.69 Å². The number of carbonyl (C=O) groups excluding carboxylic acids is 2. The van der Waals surface area contributed by atoms with Gasteiger partial charge >= 0.3 is 5.97 Å². The molecule has 0 aliphatic rings. The fourth-order valence-electron chi connectivity index (χ4n) is 1.60. The van der Waals surface area contributed by atoms with E-state index in [4.69, 9.17) is 16.0 Å². The lowest BCUT2D eigenvalue weighted by Gasteiger charge is -2.06. The molecular weight excluding hydrogens is 294 g/mol. The molecule has 0 fully saturated rings. The molecule has 0 radical (unpaired) electrons. The second-order valence-corrected chi connectivity index (χ2v) is 4.43. The normalized spacial score (nSPS) is 10.6. The monoisotopic (exact) mass is 305 g/mol. The lowest BCUT2D eigenvalue weighted by molar-refractivity contribution is -0.111. The summed E-state index contributed by atoms with van der Waals surface area (Å²) in [7, 11) is 1.26. The van der Waals surface area contributed by atoms with Gasteiger partial charge in [-0.05, 0) is 36.4 Å². The zero-order chi connectivity index (χ0) is 15.2. The Hall–Kier alpha value is -2.53. The number of rotatable bonds is 4. The third kappa shape index (κ3) is 3.97. The van der Waals surface area contributed by atoms with Crippen molar-refractivity contribution in [3.05, 3.63) is 59.0 Å². The Bertz CT molecular complexity index is 677. The number of hydrogen-bond donors (Lipinski definition) is 1. The topological polar surface area (TPSA) is 68.5 Å². The SMILES string of the molecule is COC(=O)c1cc(NC(=O)/C=C/c2ccco2)ccc1Cl. The van der Waals surface area contributed by atoms with Crippen LogP contribution in [0.15, 0.2) is 47.1 Å². The Morgan fingerprint density at radius 3 is 2.81 bits per heavy atom. The predicted molar refractivity (Wildman–Crippen MR) is 79.2 cm³/mol. The molecular formula is C15H12ClNO4. The van der Waals surface area contributed by atoms with Crippen molar-refractivity contribution < 1.29 is 18.7 Å². The zero-order valence-corrected chi connectivity index (χ0v) is 11.9. The summed E-state index contributed by atoms with van der Waals surface area (Å²) in [6, 6.07) is 8.00. The molecule has 6 heteroatoms. The van der Waals surface area contributed by atoms with Crippen LogP contribution in [0.2, 0.25) is 5.02 Å². The van der Waals surface area contributed by atoms with Gasteiger partial charge in [-0.25, -0.2) is 4.79 Å². The first-order valence-corrected chi connectivity index (χ1v) is 6.38. The average Bonchev–Trinajstić information content (AvgIpc) is 2.99. The van der Waals surface area contributed by atoms with Crippen LogP contribution in [0.25, 0.3) is 6.08 Å². The molecule has 108 valence electrons. The number of esters is 1. The van der Waals surface area contributed by atoms with Crippen LogP contribution >= 0.6 is 11.6 Å². The van der Waals surface area contributed by atoms with Crippen LogP contribution in [0.3, 0.4) is 0 Å². The van der Waals surface area contributed by atoms with Crippen LogP contribution in [0.5, 0.6) is 0 Å². The van der Waals surface area contributed by atoms with Crippen LogP contribution in [0.1, 0.15) is 16.1 Å². The van der Waals surface area contributed by atoms with E-state index < -0.39 is 5.97 Å². The van der Waals surface area contributed by atoms with Gasteiger partial charge in [-0.2, -0.15) is 0 Å². The summed E-state index contributed by atoms with van der Waals surface area (Å²) < 4.78 is 9.68. The number of benzene rings is 1. The molecule has 1 N–H and O–H groups in total. The van der Waals surface area contributed by atoms with E-state index in [-0.39, 0.29) is 16.5 Å². The summed E-state index contributed by atoms with van der Waals surface area (Å²) in [6.45, 7) is 0. The fraction of sp³-hybridized carbons (Fsp3) is 0.0667. The Kier molecular flexibility index (Phi) is 4.79. The molecule has 1 aromatic heterocycles. The van der Waals surface area contributed by atoms with E-state index in [1.165, 1.54) is 37.7 Å². The van der Waals surface area contributed by atoms with Gasteiger partial charge in [0.1, 0.15) is 5.76 Å². The van der Waals surface area contributed by atoms with Gasteiger partial charge in [0.25, 0.3) is 0 Å². The second-order valence-electron chi connectivity index (χ2n) is 4.02. The highest BCUT2D eigenvalue weighted by molar-refractivity contribution is 6.33. The van der Waals surface area contributed by atoms with Crippen molar-refractivity contribution in [2.45, 2.75) is 0 Å². The molecule has 1 amide bonds. The summed E-state index contributed by atoms with van der Waals surface area (Å²) in [4.78, 5) is 23.3. The van der Waals surface area contributed by atoms with E-state index in [2.05, 4.69) is 10.1 Å². The highest BCUT2D eigenvalue weighted by Gasteiger charge is 2.11. The molecule has 0 saturated heterocycles. The van der Waals surface area contributed by atoms with Gasteiger partial charge in [-0.1, -0.05) is 11.6 Å². The molecule has 0 aliphatic carbocycles. The highest BCUT2D eigenvalue weighted by atomic mass is 35.5. The third-order valence-electron chi connectivity index (χ3n) is 2.58. The Balaban J connectivity index is 2.09. The van der Waals surface area contributed by atoms with Gasteiger partial charge in [0.2, 0.25) is 5.91 Å². The van der Waals surface area contributed by atoms with Crippen molar-refractivity contribution >= 4 is 35.2 Å². The van der Waals surface area contributed by atoms with Crippen LogP contribution in [-0.4, -0.2) is 19.0 Å². The molecule has 0 saturated carbocycles. The lowest BCUT2D eigenvalue weighted by atomic mass is 10.2. The second kappa shape index (κ2) is 6.76. The number of hydrogen-bond acceptors (Lipinski definition) is 4. The maximum absolute atomic E-state index is 11.8. The van der Waals surface area contributed by atoms with Crippen molar-refractivity contribution in [2.24, 2.45) is 0 Å².